The number of imidazole rings is 1. The van der Waals surface area contributed by atoms with Gasteiger partial charge in [-0.05, 0) is 35.1 Å². The first-order valence-electron chi connectivity index (χ1n) is 4.09. The summed E-state index contributed by atoms with van der Waals surface area (Å²) in [6.45, 7) is 0.791. The maximum atomic E-state index is 4.40. The van der Waals surface area contributed by atoms with Gasteiger partial charge < -0.3 is 5.32 Å². The monoisotopic (exact) mass is 239 g/mol. The normalized spacial score (nSPS) is 10.9. The predicted molar refractivity (Wildman–Crippen MR) is 55.7 cm³/mol. The van der Waals surface area contributed by atoms with Crippen molar-refractivity contribution >= 4 is 21.4 Å². The number of nitrogens with one attached hydrogen (secondary N) is 1. The van der Waals surface area contributed by atoms with Crippen LogP contribution in [0.1, 0.15) is 5.69 Å². The predicted octanol–water partition coefficient (Wildman–Crippen LogP) is 1.82. The minimum absolute atomic E-state index is 0.791. The van der Waals surface area contributed by atoms with E-state index in [1.165, 1.54) is 0 Å². The number of nitrogens with zero attached hydrogens (tertiary/aromatic N) is 2. The van der Waals surface area contributed by atoms with E-state index in [2.05, 4.69) is 32.3 Å². The van der Waals surface area contributed by atoms with E-state index in [0.717, 1.165) is 22.5 Å². The van der Waals surface area contributed by atoms with Crippen LogP contribution >= 0.6 is 15.9 Å². The molecule has 0 aromatic carbocycles. The number of pyridine rings is 1. The number of rotatable bonds is 2. The Kier molecular flexibility index (Phi) is 2.33. The van der Waals surface area contributed by atoms with Crippen molar-refractivity contribution in [3.63, 3.8) is 0 Å². The molecule has 0 aliphatic rings. The topological polar surface area (TPSA) is 29.3 Å². The second-order valence-electron chi connectivity index (χ2n) is 2.81. The molecule has 0 atom stereocenters. The zero-order valence-corrected chi connectivity index (χ0v) is 8.87. The Hall–Kier alpha value is -0.870. The van der Waals surface area contributed by atoms with Crippen LogP contribution in [0, 0.1) is 0 Å². The van der Waals surface area contributed by atoms with Crippen LogP contribution in [-0.2, 0) is 6.54 Å². The SMILES string of the molecule is CNCc1nc(Br)n2ccccc12. The smallest absolute Gasteiger partial charge is 0.182 e. The molecule has 3 nitrogen and oxygen atoms in total. The van der Waals surface area contributed by atoms with Crippen LogP contribution in [0.4, 0.5) is 0 Å². The van der Waals surface area contributed by atoms with Crippen molar-refractivity contribution in [2.45, 2.75) is 6.54 Å². The molecule has 0 bridgehead atoms. The first kappa shape index (κ1) is 8.72. The highest BCUT2D eigenvalue weighted by atomic mass is 79.9. The number of aromatic nitrogens is 2. The lowest BCUT2D eigenvalue weighted by Crippen LogP contribution is -2.05. The lowest BCUT2D eigenvalue weighted by atomic mass is 10.3. The Morgan fingerprint density at radius 1 is 1.54 bits per heavy atom. The molecule has 0 spiro atoms. The summed E-state index contributed by atoms with van der Waals surface area (Å²) < 4.78 is 2.88. The first-order chi connectivity index (χ1) is 6.33. The fourth-order valence-corrected chi connectivity index (χ4v) is 1.88. The van der Waals surface area contributed by atoms with Crippen molar-refractivity contribution < 1.29 is 0 Å². The zero-order valence-electron chi connectivity index (χ0n) is 7.29. The molecule has 2 rings (SSSR count). The van der Waals surface area contributed by atoms with Crippen molar-refractivity contribution in [3.05, 3.63) is 34.8 Å². The molecule has 1 N–H and O–H groups in total. The van der Waals surface area contributed by atoms with Gasteiger partial charge >= 0.3 is 0 Å². The van der Waals surface area contributed by atoms with E-state index in [9.17, 15) is 0 Å². The van der Waals surface area contributed by atoms with Gasteiger partial charge in [0.1, 0.15) is 0 Å². The van der Waals surface area contributed by atoms with Gasteiger partial charge in [-0.25, -0.2) is 4.98 Å². The molecule has 68 valence electrons. The Balaban J connectivity index is 2.63. The third-order valence-corrected chi connectivity index (χ3v) is 2.49. The Bertz CT molecular complexity index is 422. The van der Waals surface area contributed by atoms with Crippen molar-refractivity contribution in [2.75, 3.05) is 7.05 Å². The van der Waals surface area contributed by atoms with Gasteiger partial charge in [-0.1, -0.05) is 6.07 Å². The summed E-state index contributed by atoms with van der Waals surface area (Å²) in [5.74, 6) is 0. The van der Waals surface area contributed by atoms with Crippen LogP contribution in [-0.4, -0.2) is 16.4 Å². The van der Waals surface area contributed by atoms with Crippen LogP contribution in [0.5, 0.6) is 0 Å². The molecule has 2 aromatic heterocycles. The number of halogens is 1. The van der Waals surface area contributed by atoms with E-state index >= 15 is 0 Å². The summed E-state index contributed by atoms with van der Waals surface area (Å²) in [6, 6.07) is 6.07. The van der Waals surface area contributed by atoms with E-state index in [-0.39, 0.29) is 0 Å². The molecule has 0 saturated carbocycles. The highest BCUT2D eigenvalue weighted by Gasteiger charge is 2.06. The summed E-state index contributed by atoms with van der Waals surface area (Å²) in [4.78, 5) is 4.40. The van der Waals surface area contributed by atoms with Crippen LogP contribution < -0.4 is 5.32 Å². The highest BCUT2D eigenvalue weighted by Crippen LogP contribution is 2.16. The quantitative estimate of drug-likeness (QED) is 0.867. The van der Waals surface area contributed by atoms with Gasteiger partial charge in [-0.3, -0.25) is 4.40 Å². The minimum atomic E-state index is 0.791. The molecule has 0 amide bonds. The second kappa shape index (κ2) is 3.47. The molecule has 0 saturated heterocycles. The second-order valence-corrected chi connectivity index (χ2v) is 3.52. The maximum Gasteiger partial charge on any atom is 0.182 e. The third kappa shape index (κ3) is 1.47. The maximum absolute atomic E-state index is 4.40. The minimum Gasteiger partial charge on any atom is -0.314 e. The van der Waals surface area contributed by atoms with Crippen molar-refractivity contribution in [3.8, 4) is 0 Å². The van der Waals surface area contributed by atoms with Crippen molar-refractivity contribution in [1.82, 2.24) is 14.7 Å². The van der Waals surface area contributed by atoms with E-state index in [0.29, 0.717) is 0 Å². The van der Waals surface area contributed by atoms with E-state index in [1.54, 1.807) is 0 Å². The van der Waals surface area contributed by atoms with Gasteiger partial charge in [0.15, 0.2) is 4.73 Å². The van der Waals surface area contributed by atoms with Gasteiger partial charge in [0.2, 0.25) is 0 Å². The van der Waals surface area contributed by atoms with Gasteiger partial charge in [-0.15, -0.1) is 0 Å². The summed E-state index contributed by atoms with van der Waals surface area (Å²) in [5.41, 5.74) is 2.21. The standard InChI is InChI=1S/C9H10BrN3/c1-11-6-7-8-4-2-3-5-13(8)9(10)12-7/h2-5,11H,6H2,1H3. The summed E-state index contributed by atoms with van der Waals surface area (Å²) >= 11 is 3.41. The van der Waals surface area contributed by atoms with E-state index in [4.69, 9.17) is 0 Å². The molecular formula is C9H10BrN3. The molecule has 4 heteroatoms. The lowest BCUT2D eigenvalue weighted by Gasteiger charge is -1.95. The fraction of sp³-hybridized carbons (Fsp3) is 0.222. The molecule has 0 aliphatic carbocycles. The van der Waals surface area contributed by atoms with Crippen LogP contribution in [0.3, 0.4) is 0 Å². The number of hydrogen-bond donors (Lipinski definition) is 1. The fourth-order valence-electron chi connectivity index (χ4n) is 1.36. The first-order valence-corrected chi connectivity index (χ1v) is 4.88. The van der Waals surface area contributed by atoms with Crippen LogP contribution in [0.15, 0.2) is 29.1 Å². The molecular weight excluding hydrogens is 230 g/mol. The molecule has 13 heavy (non-hydrogen) atoms. The van der Waals surface area contributed by atoms with E-state index < -0.39 is 0 Å². The van der Waals surface area contributed by atoms with Gasteiger partial charge in [0.25, 0.3) is 0 Å². The van der Waals surface area contributed by atoms with Crippen molar-refractivity contribution in [2.24, 2.45) is 0 Å². The molecule has 0 fully saturated rings. The lowest BCUT2D eigenvalue weighted by molar-refractivity contribution is 0.801. The van der Waals surface area contributed by atoms with Gasteiger partial charge in [-0.2, -0.15) is 0 Å². The van der Waals surface area contributed by atoms with Crippen LogP contribution in [0.25, 0.3) is 5.52 Å². The average molecular weight is 240 g/mol. The van der Waals surface area contributed by atoms with Gasteiger partial charge in [0, 0.05) is 12.7 Å². The Morgan fingerprint density at radius 3 is 3.15 bits per heavy atom. The Morgan fingerprint density at radius 2 is 2.38 bits per heavy atom. The average Bonchev–Trinajstić information content (AvgIpc) is 2.46. The number of fused-ring (bicyclic) bond motifs is 1. The molecule has 0 radical (unpaired) electrons. The van der Waals surface area contributed by atoms with E-state index in [1.807, 2.05) is 29.8 Å². The summed E-state index contributed by atoms with van der Waals surface area (Å²) in [7, 11) is 1.92. The summed E-state index contributed by atoms with van der Waals surface area (Å²) in [5, 5.41) is 3.09. The molecule has 2 aromatic rings. The largest absolute Gasteiger partial charge is 0.314 e. The highest BCUT2D eigenvalue weighted by molar-refractivity contribution is 9.10. The van der Waals surface area contributed by atoms with Crippen LogP contribution in [0.2, 0.25) is 0 Å². The number of hydrogen-bond acceptors (Lipinski definition) is 2. The molecule has 2 heterocycles. The zero-order chi connectivity index (χ0) is 9.26. The summed E-state index contributed by atoms with van der Waals surface area (Å²) in [6.07, 6.45) is 1.99. The van der Waals surface area contributed by atoms with Gasteiger partial charge in [0.05, 0.1) is 11.2 Å². The molecule has 0 aliphatic heterocycles. The third-order valence-electron chi connectivity index (χ3n) is 1.93. The van der Waals surface area contributed by atoms with Crippen molar-refractivity contribution in [1.29, 1.82) is 0 Å². The Labute approximate surface area is 84.9 Å². The molecule has 0 unspecified atom stereocenters.